The first-order valence-electron chi connectivity index (χ1n) is 7.79. The van der Waals surface area contributed by atoms with Crippen molar-refractivity contribution in [3.8, 4) is 0 Å². The van der Waals surface area contributed by atoms with Gasteiger partial charge in [-0.3, -0.25) is 4.79 Å². The van der Waals surface area contributed by atoms with Gasteiger partial charge in [-0.15, -0.1) is 0 Å². The van der Waals surface area contributed by atoms with Gasteiger partial charge in [0.2, 0.25) is 5.91 Å². The fraction of sp³-hybridized carbons (Fsp3) is 0.389. The molecule has 0 aliphatic carbocycles. The Morgan fingerprint density at radius 1 is 1.10 bits per heavy atom. The molecule has 0 unspecified atom stereocenters. The van der Waals surface area contributed by atoms with Gasteiger partial charge in [-0.1, -0.05) is 42.5 Å². The summed E-state index contributed by atoms with van der Waals surface area (Å²) < 4.78 is 0. The monoisotopic (exact) mass is 282 g/mol. The normalized spacial score (nSPS) is 16.0. The van der Waals surface area contributed by atoms with E-state index in [2.05, 4.69) is 53.1 Å². The standard InChI is InChI=1S/C18H22N2O/c21-18(20-17-9-11-19-12-10-17)8-6-14-5-7-15-3-1-2-4-16(15)13-14/h1-5,7,13,17,19H,6,8-12H2,(H,20,21). The van der Waals surface area contributed by atoms with Crippen LogP contribution >= 0.6 is 0 Å². The van der Waals surface area contributed by atoms with E-state index in [1.54, 1.807) is 0 Å². The number of carbonyl (C=O) groups is 1. The van der Waals surface area contributed by atoms with Crippen LogP contribution < -0.4 is 10.6 Å². The van der Waals surface area contributed by atoms with Gasteiger partial charge in [0.25, 0.3) is 0 Å². The lowest BCUT2D eigenvalue weighted by molar-refractivity contribution is -0.121. The molecule has 3 nitrogen and oxygen atoms in total. The Balaban J connectivity index is 1.54. The first-order valence-corrected chi connectivity index (χ1v) is 7.79. The molecule has 110 valence electrons. The Kier molecular flexibility index (Phi) is 4.51. The minimum Gasteiger partial charge on any atom is -0.353 e. The van der Waals surface area contributed by atoms with Crippen LogP contribution in [0.25, 0.3) is 10.8 Å². The van der Waals surface area contributed by atoms with Gasteiger partial charge in [0.1, 0.15) is 0 Å². The van der Waals surface area contributed by atoms with Crippen molar-refractivity contribution in [1.82, 2.24) is 10.6 Å². The van der Waals surface area contributed by atoms with Crippen molar-refractivity contribution >= 4 is 16.7 Å². The summed E-state index contributed by atoms with van der Waals surface area (Å²) in [5.41, 5.74) is 1.23. The van der Waals surface area contributed by atoms with Gasteiger partial charge in [0.15, 0.2) is 0 Å². The van der Waals surface area contributed by atoms with Crippen molar-refractivity contribution in [2.24, 2.45) is 0 Å². The minimum atomic E-state index is 0.176. The van der Waals surface area contributed by atoms with Crippen LogP contribution in [0.15, 0.2) is 42.5 Å². The van der Waals surface area contributed by atoms with E-state index >= 15 is 0 Å². The van der Waals surface area contributed by atoms with E-state index in [1.165, 1.54) is 16.3 Å². The predicted molar refractivity (Wildman–Crippen MR) is 86.3 cm³/mol. The minimum absolute atomic E-state index is 0.176. The van der Waals surface area contributed by atoms with Crippen LogP contribution in [0.5, 0.6) is 0 Å². The number of piperidine rings is 1. The third-order valence-corrected chi connectivity index (χ3v) is 4.16. The zero-order valence-electron chi connectivity index (χ0n) is 12.3. The molecule has 1 amide bonds. The number of benzene rings is 2. The van der Waals surface area contributed by atoms with Gasteiger partial charge in [0, 0.05) is 12.5 Å². The van der Waals surface area contributed by atoms with Gasteiger partial charge in [-0.25, -0.2) is 0 Å². The van der Waals surface area contributed by atoms with E-state index in [9.17, 15) is 4.79 Å². The second kappa shape index (κ2) is 6.72. The summed E-state index contributed by atoms with van der Waals surface area (Å²) >= 11 is 0. The third-order valence-electron chi connectivity index (χ3n) is 4.16. The number of rotatable bonds is 4. The SMILES string of the molecule is O=C(CCc1ccc2ccccc2c1)NC1CCNCC1. The number of hydrogen-bond acceptors (Lipinski definition) is 2. The van der Waals surface area contributed by atoms with Crippen LogP contribution in [0, 0.1) is 0 Å². The molecule has 1 aliphatic heterocycles. The number of carbonyl (C=O) groups excluding carboxylic acids is 1. The summed E-state index contributed by atoms with van der Waals surface area (Å²) in [6.45, 7) is 2.02. The van der Waals surface area contributed by atoms with Crippen LogP contribution in [-0.4, -0.2) is 25.0 Å². The molecule has 0 radical (unpaired) electrons. The molecule has 2 aromatic rings. The molecular weight excluding hydrogens is 260 g/mol. The zero-order valence-corrected chi connectivity index (χ0v) is 12.3. The number of fused-ring (bicyclic) bond motifs is 1. The van der Waals surface area contributed by atoms with Gasteiger partial charge in [-0.2, -0.15) is 0 Å². The Morgan fingerprint density at radius 3 is 2.67 bits per heavy atom. The molecule has 0 atom stereocenters. The summed E-state index contributed by atoms with van der Waals surface area (Å²) in [4.78, 5) is 12.0. The van der Waals surface area contributed by atoms with Crippen molar-refractivity contribution in [3.63, 3.8) is 0 Å². The molecule has 0 aromatic heterocycles. The topological polar surface area (TPSA) is 41.1 Å². The van der Waals surface area contributed by atoms with Crippen LogP contribution in [0.4, 0.5) is 0 Å². The molecule has 1 aliphatic rings. The second-order valence-corrected chi connectivity index (χ2v) is 5.77. The van der Waals surface area contributed by atoms with Gasteiger partial charge >= 0.3 is 0 Å². The van der Waals surface area contributed by atoms with Crippen LogP contribution in [0.2, 0.25) is 0 Å². The highest BCUT2D eigenvalue weighted by Crippen LogP contribution is 2.16. The maximum atomic E-state index is 12.0. The summed E-state index contributed by atoms with van der Waals surface area (Å²) in [6, 6.07) is 15.1. The molecule has 3 heteroatoms. The Bertz CT molecular complexity index is 617. The molecule has 2 aromatic carbocycles. The fourth-order valence-corrected chi connectivity index (χ4v) is 2.92. The second-order valence-electron chi connectivity index (χ2n) is 5.77. The molecule has 0 spiro atoms. The maximum Gasteiger partial charge on any atom is 0.220 e. The van der Waals surface area contributed by atoms with E-state index in [-0.39, 0.29) is 5.91 Å². The van der Waals surface area contributed by atoms with Crippen molar-refractivity contribution in [2.75, 3.05) is 13.1 Å². The van der Waals surface area contributed by atoms with Crippen LogP contribution in [-0.2, 0) is 11.2 Å². The largest absolute Gasteiger partial charge is 0.353 e. The van der Waals surface area contributed by atoms with Crippen molar-refractivity contribution in [1.29, 1.82) is 0 Å². The smallest absolute Gasteiger partial charge is 0.220 e. The molecule has 0 bridgehead atoms. The van der Waals surface area contributed by atoms with Crippen molar-refractivity contribution < 1.29 is 4.79 Å². The lowest BCUT2D eigenvalue weighted by atomic mass is 10.0. The van der Waals surface area contributed by atoms with Gasteiger partial charge < -0.3 is 10.6 Å². The summed E-state index contributed by atoms with van der Waals surface area (Å²) in [6.07, 6.45) is 3.47. The molecule has 1 saturated heterocycles. The van der Waals surface area contributed by atoms with Crippen molar-refractivity contribution in [3.05, 3.63) is 48.0 Å². The van der Waals surface area contributed by atoms with Crippen LogP contribution in [0.1, 0.15) is 24.8 Å². The first-order chi connectivity index (χ1) is 10.3. The lowest BCUT2D eigenvalue weighted by Crippen LogP contribution is -2.42. The molecule has 0 saturated carbocycles. The predicted octanol–water partition coefficient (Wildman–Crippen LogP) is 2.64. The zero-order chi connectivity index (χ0) is 14.5. The Labute approximate surface area is 125 Å². The first kappa shape index (κ1) is 14.1. The molecule has 2 N–H and O–H groups in total. The summed E-state index contributed by atoms with van der Waals surface area (Å²) in [7, 11) is 0. The molecule has 3 rings (SSSR count). The third kappa shape index (κ3) is 3.82. The number of nitrogens with one attached hydrogen (secondary N) is 2. The summed E-state index contributed by atoms with van der Waals surface area (Å²) in [5, 5.41) is 8.95. The summed E-state index contributed by atoms with van der Waals surface area (Å²) in [5.74, 6) is 0.176. The Hall–Kier alpha value is -1.87. The fourth-order valence-electron chi connectivity index (χ4n) is 2.92. The van der Waals surface area contributed by atoms with E-state index in [4.69, 9.17) is 0 Å². The average Bonchev–Trinajstić information content (AvgIpc) is 2.54. The quantitative estimate of drug-likeness (QED) is 0.905. The van der Waals surface area contributed by atoms with Gasteiger partial charge in [0.05, 0.1) is 0 Å². The van der Waals surface area contributed by atoms with Crippen molar-refractivity contribution in [2.45, 2.75) is 31.7 Å². The Morgan fingerprint density at radius 2 is 1.86 bits per heavy atom. The van der Waals surface area contributed by atoms with E-state index in [0.717, 1.165) is 32.4 Å². The van der Waals surface area contributed by atoms with E-state index in [0.29, 0.717) is 12.5 Å². The number of aryl methyl sites for hydroxylation is 1. The molecule has 1 heterocycles. The maximum absolute atomic E-state index is 12.0. The lowest BCUT2D eigenvalue weighted by Gasteiger charge is -2.23. The highest BCUT2D eigenvalue weighted by molar-refractivity contribution is 5.83. The van der Waals surface area contributed by atoms with E-state index < -0.39 is 0 Å². The van der Waals surface area contributed by atoms with Crippen LogP contribution in [0.3, 0.4) is 0 Å². The number of amides is 1. The highest BCUT2D eigenvalue weighted by Gasteiger charge is 2.14. The van der Waals surface area contributed by atoms with E-state index in [1.807, 2.05) is 0 Å². The molecule has 21 heavy (non-hydrogen) atoms. The molecular formula is C18H22N2O. The number of hydrogen-bond donors (Lipinski definition) is 2. The molecule has 1 fully saturated rings. The van der Waals surface area contributed by atoms with Gasteiger partial charge in [-0.05, 0) is 48.7 Å². The average molecular weight is 282 g/mol. The highest BCUT2D eigenvalue weighted by atomic mass is 16.1.